The van der Waals surface area contributed by atoms with E-state index in [-0.39, 0.29) is 24.6 Å². The first-order chi connectivity index (χ1) is 12.2. The van der Waals surface area contributed by atoms with Crippen LogP contribution in [0.15, 0.2) is 47.5 Å². The van der Waals surface area contributed by atoms with Crippen molar-refractivity contribution in [2.24, 2.45) is 0 Å². The number of rotatable bonds is 4. The summed E-state index contributed by atoms with van der Waals surface area (Å²) >= 11 is 5.57. The first kappa shape index (κ1) is 16.1. The zero-order valence-corrected chi connectivity index (χ0v) is 14.1. The molecule has 0 bridgehead atoms. The molecule has 1 fully saturated rings. The summed E-state index contributed by atoms with van der Waals surface area (Å²) in [6.07, 6.45) is 4.29. The predicted molar refractivity (Wildman–Crippen MR) is 94.6 cm³/mol. The number of anilines is 1. The Bertz CT molecular complexity index is 951. The van der Waals surface area contributed by atoms with Crippen LogP contribution < -0.4 is 10.5 Å². The van der Waals surface area contributed by atoms with Gasteiger partial charge in [-0.15, -0.1) is 0 Å². The predicted octanol–water partition coefficient (Wildman–Crippen LogP) is 2.40. The van der Waals surface area contributed by atoms with Crippen molar-refractivity contribution in [3.8, 4) is 11.3 Å². The van der Waals surface area contributed by atoms with E-state index in [2.05, 4.69) is 9.82 Å². The van der Waals surface area contributed by atoms with Crippen LogP contribution in [0.25, 0.3) is 16.9 Å². The molecule has 8 heteroatoms. The fourth-order valence-corrected chi connectivity index (χ4v) is 3.21. The second-order valence-electron chi connectivity index (χ2n) is 6.00. The van der Waals surface area contributed by atoms with Crippen LogP contribution in [0.1, 0.15) is 19.1 Å². The lowest BCUT2D eigenvalue weighted by molar-refractivity contribution is -0.0247. The number of fused-ring (bicyclic) bond motifs is 1. The second-order valence-corrected chi connectivity index (χ2v) is 6.19. The maximum absolute atomic E-state index is 12.8. The first-order valence-electron chi connectivity index (χ1n) is 8.03. The van der Waals surface area contributed by atoms with E-state index in [4.69, 9.17) is 16.5 Å². The Hall–Kier alpha value is -2.35. The van der Waals surface area contributed by atoms with Crippen molar-refractivity contribution < 1.29 is 9.84 Å². The zero-order chi connectivity index (χ0) is 17.4. The smallest absolute Gasteiger partial charge is 0.336 e. The third kappa shape index (κ3) is 2.90. The minimum Gasteiger partial charge on any atom is -0.394 e. The van der Waals surface area contributed by atoms with Gasteiger partial charge in [0.25, 0.3) is 0 Å². The van der Waals surface area contributed by atoms with Gasteiger partial charge in [-0.05, 0) is 31.0 Å². The first-order valence-corrected chi connectivity index (χ1v) is 8.41. The van der Waals surface area contributed by atoms with Crippen molar-refractivity contribution in [2.45, 2.75) is 25.2 Å². The lowest BCUT2D eigenvalue weighted by Crippen LogP contribution is -2.29. The van der Waals surface area contributed by atoms with Crippen molar-refractivity contribution in [2.75, 3.05) is 11.4 Å². The molecule has 3 heterocycles. The Morgan fingerprint density at radius 1 is 1.28 bits per heavy atom. The highest BCUT2D eigenvalue weighted by molar-refractivity contribution is 6.23. The molecular weight excluding hydrogens is 344 g/mol. The largest absolute Gasteiger partial charge is 0.394 e. The van der Waals surface area contributed by atoms with Gasteiger partial charge in [0.1, 0.15) is 11.9 Å². The molecule has 1 aliphatic heterocycles. The fraction of sp³-hybridized carbons (Fsp3) is 0.294. The summed E-state index contributed by atoms with van der Waals surface area (Å²) in [7, 11) is 0. The highest BCUT2D eigenvalue weighted by Crippen LogP contribution is 2.27. The Morgan fingerprint density at radius 2 is 2.08 bits per heavy atom. The minimum absolute atomic E-state index is 0.0319. The van der Waals surface area contributed by atoms with Gasteiger partial charge in [0.2, 0.25) is 0 Å². The summed E-state index contributed by atoms with van der Waals surface area (Å²) in [6.45, 7) is -0.0319. The van der Waals surface area contributed by atoms with Gasteiger partial charge in [0.05, 0.1) is 18.4 Å². The Kier molecular flexibility index (Phi) is 4.20. The summed E-state index contributed by atoms with van der Waals surface area (Å²) in [5, 5.41) is 9.20. The highest BCUT2D eigenvalue weighted by atomic mass is 35.5. The summed E-state index contributed by atoms with van der Waals surface area (Å²) in [4.78, 5) is 19.8. The standard InChI is InChI=1S/C17H17ClN4O3/c18-20-12-3-1-11(2-4-12)14-9-22-15(19-14)7-8-21(17(22)24)16-6-5-13(10-23)25-16/h1-4,7-9,13,16,20,23H,5-6,10H2/t13-,16+/m1/s1. The molecule has 0 spiro atoms. The van der Waals surface area contributed by atoms with Crippen LogP contribution in [0.4, 0.5) is 5.69 Å². The molecule has 2 N–H and O–H groups in total. The number of benzene rings is 1. The van der Waals surface area contributed by atoms with Gasteiger partial charge in [0.15, 0.2) is 0 Å². The molecule has 2 atom stereocenters. The number of hydrogen-bond donors (Lipinski definition) is 2. The molecule has 25 heavy (non-hydrogen) atoms. The fourth-order valence-electron chi connectivity index (χ4n) is 3.09. The van der Waals surface area contributed by atoms with E-state index in [0.29, 0.717) is 17.8 Å². The van der Waals surface area contributed by atoms with Crippen molar-refractivity contribution in [1.29, 1.82) is 0 Å². The molecule has 1 saturated heterocycles. The van der Waals surface area contributed by atoms with Crippen LogP contribution in [0.2, 0.25) is 0 Å². The highest BCUT2D eigenvalue weighted by Gasteiger charge is 2.27. The van der Waals surface area contributed by atoms with E-state index >= 15 is 0 Å². The monoisotopic (exact) mass is 360 g/mol. The molecule has 2 aromatic heterocycles. The van der Waals surface area contributed by atoms with Gasteiger partial charge in [-0.1, -0.05) is 12.1 Å². The van der Waals surface area contributed by atoms with E-state index in [1.165, 1.54) is 4.40 Å². The average Bonchev–Trinajstić information content (AvgIpc) is 3.29. The number of imidazole rings is 1. The molecule has 1 aromatic carbocycles. The topological polar surface area (TPSA) is 80.8 Å². The van der Waals surface area contributed by atoms with Crippen molar-refractivity contribution >= 4 is 23.1 Å². The molecule has 0 amide bonds. The summed E-state index contributed by atoms with van der Waals surface area (Å²) in [6, 6.07) is 9.24. The Balaban J connectivity index is 1.71. The van der Waals surface area contributed by atoms with Crippen LogP contribution in [-0.4, -0.2) is 31.8 Å². The number of aliphatic hydroxyl groups is 1. The summed E-state index contributed by atoms with van der Waals surface area (Å²) < 4.78 is 8.77. The number of hydrogen-bond acceptors (Lipinski definition) is 5. The van der Waals surface area contributed by atoms with Crippen LogP contribution >= 0.6 is 11.8 Å². The van der Waals surface area contributed by atoms with Crippen LogP contribution in [0.5, 0.6) is 0 Å². The normalized spacial score (nSPS) is 20.2. The molecule has 0 aliphatic carbocycles. The van der Waals surface area contributed by atoms with E-state index in [1.54, 1.807) is 23.0 Å². The molecule has 130 valence electrons. The summed E-state index contributed by atoms with van der Waals surface area (Å²) in [5.74, 6) is 0. The van der Waals surface area contributed by atoms with Gasteiger partial charge in [0, 0.05) is 35.4 Å². The summed E-state index contributed by atoms with van der Waals surface area (Å²) in [5.41, 5.74) is 2.75. The minimum atomic E-state index is -0.353. The van der Waals surface area contributed by atoms with Crippen molar-refractivity contribution in [3.05, 3.63) is 53.2 Å². The van der Waals surface area contributed by atoms with E-state index in [1.807, 2.05) is 24.3 Å². The lowest BCUT2D eigenvalue weighted by atomic mass is 10.1. The number of halogens is 1. The maximum atomic E-state index is 12.8. The van der Waals surface area contributed by atoms with Crippen molar-refractivity contribution in [3.63, 3.8) is 0 Å². The Labute approximate surface area is 148 Å². The molecule has 4 rings (SSSR count). The quantitative estimate of drug-likeness (QED) is 0.698. The van der Waals surface area contributed by atoms with Gasteiger partial charge in [-0.25, -0.2) is 9.78 Å². The third-order valence-corrected chi connectivity index (χ3v) is 4.65. The van der Waals surface area contributed by atoms with Gasteiger partial charge in [-0.2, -0.15) is 0 Å². The van der Waals surface area contributed by atoms with Crippen LogP contribution in [-0.2, 0) is 4.74 Å². The molecule has 3 aromatic rings. The maximum Gasteiger partial charge on any atom is 0.336 e. The van der Waals surface area contributed by atoms with Gasteiger partial charge < -0.3 is 9.84 Å². The third-order valence-electron chi connectivity index (χ3n) is 4.43. The molecule has 7 nitrogen and oxygen atoms in total. The number of nitrogens with zero attached hydrogens (tertiary/aromatic N) is 3. The SMILES string of the molecule is O=c1n([C@@H]2CC[C@H](CO)O2)ccc2nc(-c3ccc(NCl)cc3)cn12. The molecule has 1 aliphatic rings. The number of nitrogens with one attached hydrogen (secondary N) is 1. The number of aliphatic hydroxyl groups excluding tert-OH is 1. The molecule has 0 radical (unpaired) electrons. The van der Waals surface area contributed by atoms with Gasteiger partial charge >= 0.3 is 5.69 Å². The number of aromatic nitrogens is 3. The van der Waals surface area contributed by atoms with E-state index in [9.17, 15) is 9.90 Å². The second kappa shape index (κ2) is 6.51. The molecule has 0 unspecified atom stereocenters. The lowest BCUT2D eigenvalue weighted by Gasteiger charge is -2.14. The molecular formula is C17H17ClN4O3. The Morgan fingerprint density at radius 3 is 2.76 bits per heavy atom. The van der Waals surface area contributed by atoms with E-state index in [0.717, 1.165) is 17.7 Å². The zero-order valence-electron chi connectivity index (χ0n) is 13.3. The number of ether oxygens (including phenoxy) is 1. The van der Waals surface area contributed by atoms with Gasteiger partial charge in [-0.3, -0.25) is 13.8 Å². The average molecular weight is 361 g/mol. The van der Waals surface area contributed by atoms with Crippen molar-refractivity contribution in [1.82, 2.24) is 14.0 Å². The van der Waals surface area contributed by atoms with E-state index < -0.39 is 0 Å². The van der Waals surface area contributed by atoms with Crippen LogP contribution in [0, 0.1) is 0 Å². The molecule has 0 saturated carbocycles. The van der Waals surface area contributed by atoms with Crippen LogP contribution in [0.3, 0.4) is 0 Å².